The van der Waals surface area contributed by atoms with E-state index in [1.54, 1.807) is 33.5 Å². The molecule has 308 valence electrons. The SMILES string of the molecule is Cc1cc(C(C)(C)C)ccc1N1c2cc(C(C)(C)C)cc3c2B(c2ccc4c5c2N3C2CC3=C(C=C2C5(C)CCC4(C)C)C(C)(C)CCC3(C)C)c2sc3ccccc3c21. The number of hydrogen-bond acceptors (Lipinski definition) is 3. The lowest BCUT2D eigenvalue weighted by Crippen LogP contribution is -2.65. The van der Waals surface area contributed by atoms with E-state index in [1.165, 1.54) is 90.9 Å². The Morgan fingerprint density at radius 2 is 1.37 bits per heavy atom. The molecular weight excluding hydrogens is 744 g/mol. The second-order valence-electron chi connectivity index (χ2n) is 24.0. The van der Waals surface area contributed by atoms with Gasteiger partial charge in [0.1, 0.15) is 0 Å². The minimum atomic E-state index is -0.0478. The van der Waals surface area contributed by atoms with Crippen molar-refractivity contribution in [1.29, 1.82) is 0 Å². The van der Waals surface area contributed by atoms with Crippen molar-refractivity contribution < 1.29 is 0 Å². The van der Waals surface area contributed by atoms with E-state index in [0.29, 0.717) is 0 Å². The third-order valence-corrected chi connectivity index (χ3v) is 17.9. The summed E-state index contributed by atoms with van der Waals surface area (Å²) < 4.78 is 2.87. The maximum Gasteiger partial charge on any atom is 0.264 e. The second kappa shape index (κ2) is 11.9. The zero-order chi connectivity index (χ0) is 42.4. The van der Waals surface area contributed by atoms with Gasteiger partial charge in [-0.1, -0.05) is 144 Å². The molecule has 0 bridgehead atoms. The zero-order valence-electron chi connectivity index (χ0n) is 38.9. The van der Waals surface area contributed by atoms with Gasteiger partial charge >= 0.3 is 0 Å². The molecule has 4 heteroatoms. The fourth-order valence-electron chi connectivity index (χ4n) is 12.8. The molecule has 11 rings (SSSR count). The average molecular weight is 809 g/mol. The number of aryl methyl sites for hydroxylation is 1. The number of anilines is 5. The van der Waals surface area contributed by atoms with Gasteiger partial charge in [0.2, 0.25) is 0 Å². The molecule has 3 aliphatic heterocycles. The van der Waals surface area contributed by atoms with Gasteiger partial charge in [-0.15, -0.1) is 11.3 Å². The molecule has 0 N–H and O–H groups in total. The van der Waals surface area contributed by atoms with Crippen molar-refractivity contribution in [2.24, 2.45) is 10.8 Å². The van der Waals surface area contributed by atoms with Gasteiger partial charge in [-0.3, -0.25) is 0 Å². The lowest BCUT2D eigenvalue weighted by atomic mass is 9.35. The first-order chi connectivity index (χ1) is 28.0. The second-order valence-corrected chi connectivity index (χ2v) is 25.1. The highest BCUT2D eigenvalue weighted by molar-refractivity contribution is 7.33. The maximum absolute atomic E-state index is 2.96. The van der Waals surface area contributed by atoms with E-state index >= 15 is 0 Å². The zero-order valence-corrected chi connectivity index (χ0v) is 39.7. The Morgan fingerprint density at radius 1 is 0.683 bits per heavy atom. The molecule has 0 fully saturated rings. The van der Waals surface area contributed by atoms with E-state index in [0.717, 1.165) is 6.42 Å². The molecule has 0 radical (unpaired) electrons. The third kappa shape index (κ3) is 5.06. The molecule has 6 aliphatic rings. The highest BCUT2D eigenvalue weighted by atomic mass is 32.1. The molecule has 0 spiro atoms. The molecule has 0 amide bonds. The molecule has 2 unspecified atom stereocenters. The molecule has 2 nitrogen and oxygen atoms in total. The van der Waals surface area contributed by atoms with E-state index in [9.17, 15) is 0 Å². The van der Waals surface area contributed by atoms with Crippen LogP contribution in [-0.2, 0) is 21.7 Å². The monoisotopic (exact) mass is 808 g/mol. The highest BCUT2D eigenvalue weighted by Crippen LogP contribution is 2.64. The van der Waals surface area contributed by atoms with E-state index in [4.69, 9.17) is 0 Å². The number of benzene rings is 4. The van der Waals surface area contributed by atoms with Gasteiger partial charge in [-0.05, 0) is 140 Å². The quantitative estimate of drug-likeness (QED) is 0.153. The number of hydrogen-bond donors (Lipinski definition) is 0. The van der Waals surface area contributed by atoms with Crippen LogP contribution in [0.3, 0.4) is 0 Å². The van der Waals surface area contributed by atoms with Crippen molar-refractivity contribution in [1.82, 2.24) is 0 Å². The molecule has 4 aromatic carbocycles. The van der Waals surface area contributed by atoms with Gasteiger partial charge in [0.05, 0.1) is 11.7 Å². The van der Waals surface area contributed by atoms with Gasteiger partial charge in [0.25, 0.3) is 6.71 Å². The predicted octanol–water partition coefficient (Wildman–Crippen LogP) is 13.7. The van der Waals surface area contributed by atoms with Crippen LogP contribution in [0.2, 0.25) is 0 Å². The van der Waals surface area contributed by atoms with E-state index in [1.807, 2.05) is 11.3 Å². The van der Waals surface area contributed by atoms with Crippen LogP contribution >= 0.6 is 11.3 Å². The largest absolute Gasteiger partial charge is 0.334 e. The Labute approximate surface area is 365 Å². The number of nitrogens with zero attached hydrogens (tertiary/aromatic N) is 2. The van der Waals surface area contributed by atoms with Crippen molar-refractivity contribution in [3.05, 3.63) is 117 Å². The summed E-state index contributed by atoms with van der Waals surface area (Å²) in [6, 6.07) is 27.3. The minimum absolute atomic E-state index is 0.0227. The van der Waals surface area contributed by atoms with Crippen molar-refractivity contribution >= 4 is 72.3 Å². The van der Waals surface area contributed by atoms with Crippen LogP contribution in [-0.4, -0.2) is 12.8 Å². The summed E-state index contributed by atoms with van der Waals surface area (Å²) in [6.45, 7) is 34.6. The van der Waals surface area contributed by atoms with Gasteiger partial charge in [0.15, 0.2) is 0 Å². The first kappa shape index (κ1) is 38.9. The first-order valence-electron chi connectivity index (χ1n) is 23.1. The van der Waals surface area contributed by atoms with E-state index in [2.05, 4.69) is 180 Å². The molecule has 60 heavy (non-hydrogen) atoms. The number of rotatable bonds is 1. The van der Waals surface area contributed by atoms with Crippen LogP contribution in [0.25, 0.3) is 10.1 Å². The first-order valence-corrected chi connectivity index (χ1v) is 23.9. The minimum Gasteiger partial charge on any atom is -0.334 e. The fraction of sp³-hybridized carbons (Fsp3) is 0.464. The summed E-state index contributed by atoms with van der Waals surface area (Å²) >= 11 is 2.04. The summed E-state index contributed by atoms with van der Waals surface area (Å²) in [7, 11) is 0. The van der Waals surface area contributed by atoms with Crippen molar-refractivity contribution in [2.45, 2.75) is 157 Å². The van der Waals surface area contributed by atoms with Crippen molar-refractivity contribution in [3.8, 4) is 0 Å². The summed E-state index contributed by atoms with van der Waals surface area (Å²) in [4.78, 5) is 5.67. The molecule has 1 aromatic heterocycles. The van der Waals surface area contributed by atoms with Crippen LogP contribution in [0.1, 0.15) is 150 Å². The summed E-state index contributed by atoms with van der Waals surface area (Å²) in [5.41, 5.74) is 22.9. The van der Waals surface area contributed by atoms with Gasteiger partial charge in [-0.25, -0.2) is 0 Å². The molecule has 4 heterocycles. The molecule has 3 aliphatic carbocycles. The lowest BCUT2D eigenvalue weighted by molar-refractivity contribution is 0.248. The van der Waals surface area contributed by atoms with Crippen molar-refractivity contribution in [2.75, 3.05) is 9.80 Å². The maximum atomic E-state index is 2.96. The van der Waals surface area contributed by atoms with Crippen LogP contribution < -0.4 is 25.5 Å². The third-order valence-electron chi connectivity index (χ3n) is 16.7. The van der Waals surface area contributed by atoms with Crippen LogP contribution in [0.5, 0.6) is 0 Å². The number of fused-ring (bicyclic) bond motifs is 9. The lowest BCUT2D eigenvalue weighted by Gasteiger charge is -2.60. The fourth-order valence-corrected chi connectivity index (χ4v) is 14.1. The smallest absolute Gasteiger partial charge is 0.264 e. The molecular formula is C56H65BN2S. The Bertz CT molecular complexity index is 2790. The Hall–Kier alpha value is -4.02. The van der Waals surface area contributed by atoms with Crippen LogP contribution in [0.15, 0.2) is 89.5 Å². The summed E-state index contributed by atoms with van der Waals surface area (Å²) in [6.07, 6.45) is 8.80. The summed E-state index contributed by atoms with van der Waals surface area (Å²) in [5, 5.41) is 1.37. The molecule has 2 atom stereocenters. The standard InChI is InChI=1S/C56H65BN2S/c1-32-27-33(51(2,3)4)19-22-41(32)58-43-28-34(52(5,6)7)29-44-47(43)57(50-48(58)35-17-15-16-18-45(35)60-50)40-21-20-36-46-49(40)59(44)42-31-38-37(54(10,11)23-24-55(38,12)13)30-39(42)56(46,14)26-25-53(36,8)9/h15-22,27-30,42H,23-26,31H2,1-14H3. The van der Waals surface area contributed by atoms with Gasteiger partial charge in [0, 0.05) is 43.0 Å². The number of allylic oxidation sites excluding steroid dienone is 2. The topological polar surface area (TPSA) is 6.48 Å². The van der Waals surface area contributed by atoms with Crippen LogP contribution in [0, 0.1) is 17.8 Å². The molecule has 0 saturated carbocycles. The Balaban J connectivity index is 1.28. The Kier molecular flexibility index (Phi) is 7.72. The van der Waals surface area contributed by atoms with E-state index in [-0.39, 0.29) is 45.2 Å². The van der Waals surface area contributed by atoms with Gasteiger partial charge in [-0.2, -0.15) is 0 Å². The highest BCUT2D eigenvalue weighted by Gasteiger charge is 2.58. The molecule has 5 aromatic rings. The van der Waals surface area contributed by atoms with Gasteiger partial charge < -0.3 is 9.80 Å². The van der Waals surface area contributed by atoms with E-state index < -0.39 is 0 Å². The predicted molar refractivity (Wildman–Crippen MR) is 262 cm³/mol. The Morgan fingerprint density at radius 3 is 2.08 bits per heavy atom. The molecule has 0 saturated heterocycles. The van der Waals surface area contributed by atoms with Crippen LogP contribution in [0.4, 0.5) is 28.4 Å². The summed E-state index contributed by atoms with van der Waals surface area (Å²) in [5.74, 6) is 0. The average Bonchev–Trinajstić information content (AvgIpc) is 3.56. The normalized spacial score (nSPS) is 24.1. The number of thiophene rings is 1. The van der Waals surface area contributed by atoms with Crippen molar-refractivity contribution in [3.63, 3.8) is 0 Å².